The minimum absolute atomic E-state index is 0.0164. The van der Waals surface area contributed by atoms with Crippen LogP contribution >= 0.6 is 11.8 Å². The number of benzene rings is 3. The van der Waals surface area contributed by atoms with Crippen LogP contribution in [-0.4, -0.2) is 17.6 Å². The number of aryl methyl sites for hydroxylation is 2. The molecule has 164 valence electrons. The van der Waals surface area contributed by atoms with Crippen LogP contribution in [0.25, 0.3) is 0 Å². The lowest BCUT2D eigenvalue weighted by molar-refractivity contribution is -0.118. The van der Waals surface area contributed by atoms with Gasteiger partial charge in [0.15, 0.2) is 0 Å². The van der Waals surface area contributed by atoms with E-state index in [-0.39, 0.29) is 23.1 Å². The molecule has 1 aliphatic rings. The third-order valence-corrected chi connectivity index (χ3v) is 7.06. The van der Waals surface area contributed by atoms with Gasteiger partial charge in [-0.3, -0.25) is 14.5 Å². The molecule has 0 unspecified atom stereocenters. The first-order valence-electron chi connectivity index (χ1n) is 10.9. The highest BCUT2D eigenvalue weighted by Crippen LogP contribution is 2.43. The molecule has 2 amide bonds. The van der Waals surface area contributed by atoms with Crippen LogP contribution in [0.2, 0.25) is 0 Å². The number of hydrogen-bond donors (Lipinski definition) is 1. The van der Waals surface area contributed by atoms with Gasteiger partial charge in [0.1, 0.15) is 5.37 Å². The van der Waals surface area contributed by atoms with Crippen molar-refractivity contribution in [3.05, 3.63) is 95.1 Å². The number of thioether (sulfide) groups is 1. The maximum absolute atomic E-state index is 13.0. The normalized spacial score (nSPS) is 16.8. The Kier molecular flexibility index (Phi) is 6.66. The first-order chi connectivity index (χ1) is 15.5. The minimum atomic E-state index is -0.200. The molecule has 2 atom stereocenters. The highest BCUT2D eigenvalue weighted by molar-refractivity contribution is 8.00. The minimum Gasteiger partial charge on any atom is -0.326 e. The standard InChI is InChI=1S/C27H28N2O2S/c1-4-23(20-9-6-5-7-10-20)26(31)28-22-12-8-11-21(16-22)27-29(25(30)17-32-27)24-14-13-18(2)15-19(24)3/h5-16,23,27H,4,17H2,1-3H3,(H,28,31)/t23-,27+/m1/s1. The zero-order valence-electron chi connectivity index (χ0n) is 18.7. The molecule has 0 spiro atoms. The van der Waals surface area contributed by atoms with Gasteiger partial charge in [0.05, 0.1) is 11.7 Å². The molecule has 3 aromatic carbocycles. The fourth-order valence-electron chi connectivity index (χ4n) is 4.26. The van der Waals surface area contributed by atoms with E-state index in [9.17, 15) is 9.59 Å². The predicted molar refractivity (Wildman–Crippen MR) is 133 cm³/mol. The maximum atomic E-state index is 13.0. The molecular formula is C27H28N2O2S. The summed E-state index contributed by atoms with van der Waals surface area (Å²) >= 11 is 1.62. The van der Waals surface area contributed by atoms with E-state index in [0.29, 0.717) is 5.75 Å². The summed E-state index contributed by atoms with van der Waals surface area (Å²) in [6.45, 7) is 6.12. The molecule has 0 radical (unpaired) electrons. The topological polar surface area (TPSA) is 49.4 Å². The Morgan fingerprint density at radius 3 is 2.56 bits per heavy atom. The van der Waals surface area contributed by atoms with Crippen molar-refractivity contribution in [2.24, 2.45) is 0 Å². The summed E-state index contributed by atoms with van der Waals surface area (Å²) < 4.78 is 0. The quantitative estimate of drug-likeness (QED) is 0.491. The van der Waals surface area contributed by atoms with Crippen molar-refractivity contribution in [3.8, 4) is 0 Å². The molecule has 32 heavy (non-hydrogen) atoms. The SMILES string of the molecule is CC[C@@H](C(=O)Nc1cccc([C@@H]2SCC(=O)N2c2ccc(C)cc2C)c1)c1ccccc1. The van der Waals surface area contributed by atoms with Gasteiger partial charge in [-0.15, -0.1) is 11.8 Å². The smallest absolute Gasteiger partial charge is 0.238 e. The van der Waals surface area contributed by atoms with Crippen molar-refractivity contribution in [2.75, 3.05) is 16.0 Å². The van der Waals surface area contributed by atoms with E-state index < -0.39 is 0 Å². The van der Waals surface area contributed by atoms with Crippen LogP contribution in [-0.2, 0) is 9.59 Å². The molecule has 4 nitrogen and oxygen atoms in total. The maximum Gasteiger partial charge on any atom is 0.238 e. The summed E-state index contributed by atoms with van der Waals surface area (Å²) in [6.07, 6.45) is 0.725. The highest BCUT2D eigenvalue weighted by Gasteiger charge is 2.35. The second kappa shape index (κ2) is 9.61. The fourth-order valence-corrected chi connectivity index (χ4v) is 5.42. The van der Waals surface area contributed by atoms with Gasteiger partial charge in [-0.2, -0.15) is 0 Å². The van der Waals surface area contributed by atoms with Gasteiger partial charge in [-0.05, 0) is 55.2 Å². The van der Waals surface area contributed by atoms with Gasteiger partial charge in [0.2, 0.25) is 11.8 Å². The summed E-state index contributed by atoms with van der Waals surface area (Å²) in [4.78, 5) is 27.7. The third kappa shape index (κ3) is 4.58. The van der Waals surface area contributed by atoms with Gasteiger partial charge in [0, 0.05) is 11.4 Å². The average molecular weight is 445 g/mol. The van der Waals surface area contributed by atoms with Gasteiger partial charge < -0.3 is 5.32 Å². The van der Waals surface area contributed by atoms with Gasteiger partial charge in [0.25, 0.3) is 0 Å². The summed E-state index contributed by atoms with van der Waals surface area (Å²) in [5, 5.41) is 2.97. The lowest BCUT2D eigenvalue weighted by atomic mass is 9.95. The monoisotopic (exact) mass is 444 g/mol. The Balaban J connectivity index is 1.58. The molecule has 4 rings (SSSR count). The molecule has 5 heteroatoms. The number of anilines is 2. The van der Waals surface area contributed by atoms with Crippen LogP contribution in [0.5, 0.6) is 0 Å². The molecule has 1 saturated heterocycles. The summed E-state index contributed by atoms with van der Waals surface area (Å²) in [5.41, 5.74) is 5.98. The van der Waals surface area contributed by atoms with Crippen molar-refractivity contribution < 1.29 is 9.59 Å². The second-order valence-electron chi connectivity index (χ2n) is 8.20. The number of amides is 2. The van der Waals surface area contributed by atoms with Crippen LogP contribution in [0.15, 0.2) is 72.8 Å². The van der Waals surface area contributed by atoms with Crippen LogP contribution in [0.1, 0.15) is 46.9 Å². The van der Waals surface area contributed by atoms with Crippen molar-refractivity contribution >= 4 is 35.0 Å². The number of hydrogen-bond acceptors (Lipinski definition) is 3. The molecule has 3 aromatic rings. The van der Waals surface area contributed by atoms with Crippen LogP contribution in [0.3, 0.4) is 0 Å². The average Bonchev–Trinajstić information content (AvgIpc) is 3.16. The van der Waals surface area contributed by atoms with Gasteiger partial charge in [-0.25, -0.2) is 0 Å². The van der Waals surface area contributed by atoms with Crippen molar-refractivity contribution in [2.45, 2.75) is 38.5 Å². The zero-order chi connectivity index (χ0) is 22.7. The highest BCUT2D eigenvalue weighted by atomic mass is 32.2. The Bertz CT molecular complexity index is 1130. The summed E-state index contributed by atoms with van der Waals surface area (Å²) in [6, 6.07) is 23.9. The molecule has 0 bridgehead atoms. The Labute approximate surface area is 194 Å². The van der Waals surface area contributed by atoms with E-state index >= 15 is 0 Å². The first-order valence-corrected chi connectivity index (χ1v) is 12.0. The van der Waals surface area contributed by atoms with E-state index in [0.717, 1.165) is 34.5 Å². The van der Waals surface area contributed by atoms with Crippen molar-refractivity contribution in [1.29, 1.82) is 0 Å². The fraction of sp³-hybridized carbons (Fsp3) is 0.259. The molecule has 0 aliphatic carbocycles. The van der Waals surface area contributed by atoms with Crippen molar-refractivity contribution in [1.82, 2.24) is 0 Å². The molecule has 0 saturated carbocycles. The molecule has 1 fully saturated rings. The Hall–Kier alpha value is -3.05. The molecular weight excluding hydrogens is 416 g/mol. The van der Waals surface area contributed by atoms with Crippen molar-refractivity contribution in [3.63, 3.8) is 0 Å². The number of carbonyl (C=O) groups is 2. The molecule has 1 heterocycles. The number of carbonyl (C=O) groups excluding carboxylic acids is 2. The second-order valence-corrected chi connectivity index (χ2v) is 9.27. The predicted octanol–water partition coefficient (Wildman–Crippen LogP) is 6.21. The molecule has 0 aromatic heterocycles. The van der Waals surface area contributed by atoms with Gasteiger partial charge in [-0.1, -0.05) is 67.1 Å². The van der Waals surface area contributed by atoms with E-state index in [1.165, 1.54) is 5.56 Å². The third-order valence-electron chi connectivity index (χ3n) is 5.85. The van der Waals surface area contributed by atoms with Crippen LogP contribution < -0.4 is 10.2 Å². The number of nitrogens with zero attached hydrogens (tertiary/aromatic N) is 1. The van der Waals surface area contributed by atoms with E-state index in [1.54, 1.807) is 11.8 Å². The van der Waals surface area contributed by atoms with Crippen LogP contribution in [0, 0.1) is 13.8 Å². The Morgan fingerprint density at radius 2 is 1.84 bits per heavy atom. The largest absolute Gasteiger partial charge is 0.326 e. The van der Waals surface area contributed by atoms with E-state index in [4.69, 9.17) is 0 Å². The lowest BCUT2D eigenvalue weighted by Gasteiger charge is -2.26. The first kappa shape index (κ1) is 22.2. The van der Waals surface area contributed by atoms with E-state index in [1.807, 2.05) is 85.5 Å². The number of nitrogens with one attached hydrogen (secondary N) is 1. The van der Waals surface area contributed by atoms with E-state index in [2.05, 4.69) is 18.3 Å². The number of rotatable bonds is 6. The van der Waals surface area contributed by atoms with Crippen LogP contribution in [0.4, 0.5) is 11.4 Å². The molecule has 1 N–H and O–H groups in total. The Morgan fingerprint density at radius 1 is 1.06 bits per heavy atom. The summed E-state index contributed by atoms with van der Waals surface area (Å²) in [5.74, 6) is 0.336. The zero-order valence-corrected chi connectivity index (χ0v) is 19.5. The molecule has 1 aliphatic heterocycles. The summed E-state index contributed by atoms with van der Waals surface area (Å²) in [7, 11) is 0. The lowest BCUT2D eigenvalue weighted by Crippen LogP contribution is -2.28. The van der Waals surface area contributed by atoms with Gasteiger partial charge >= 0.3 is 0 Å².